The number of halogens is 1. The Balaban J connectivity index is 1.77. The number of nitrogens with one attached hydrogen (secondary N) is 1. The van der Waals surface area contributed by atoms with Gasteiger partial charge in [0, 0.05) is 19.9 Å². The third-order valence-electron chi connectivity index (χ3n) is 3.85. The lowest BCUT2D eigenvalue weighted by Gasteiger charge is -2.05. The Morgan fingerprint density at radius 1 is 1.07 bits per heavy atom. The van der Waals surface area contributed by atoms with Crippen molar-refractivity contribution >= 4 is 55.0 Å². The van der Waals surface area contributed by atoms with Crippen molar-refractivity contribution in [1.29, 1.82) is 5.26 Å². The molecule has 0 aliphatic rings. The maximum absolute atomic E-state index is 12.4. The van der Waals surface area contributed by atoms with Crippen LogP contribution < -0.4 is 10.5 Å². The molecular weight excluding hydrogens is 474 g/mol. The molecule has 3 N–H and O–H groups in total. The monoisotopic (exact) mass is 487 g/mol. The summed E-state index contributed by atoms with van der Waals surface area (Å²) in [4.78, 5) is 14.1. The van der Waals surface area contributed by atoms with E-state index >= 15 is 0 Å². The second kappa shape index (κ2) is 8.71. The van der Waals surface area contributed by atoms with Crippen LogP contribution in [0.25, 0.3) is 16.5 Å². The van der Waals surface area contributed by atoms with E-state index in [9.17, 15) is 18.5 Å². The fraction of sp³-hybridized carbons (Fsp3) is 0. The van der Waals surface area contributed by atoms with Gasteiger partial charge in [-0.15, -0.1) is 11.3 Å². The van der Waals surface area contributed by atoms with E-state index in [-0.39, 0.29) is 10.5 Å². The van der Waals surface area contributed by atoms with Gasteiger partial charge in [0.05, 0.1) is 4.90 Å². The lowest BCUT2D eigenvalue weighted by atomic mass is 10.2. The van der Waals surface area contributed by atoms with Crippen molar-refractivity contribution in [2.24, 2.45) is 5.14 Å². The summed E-state index contributed by atoms with van der Waals surface area (Å²) < 4.78 is 23.5. The number of carbonyl (C=O) groups excluding carboxylic acids is 1. The summed E-state index contributed by atoms with van der Waals surface area (Å²) in [6.07, 6.45) is 1.51. The Labute approximate surface area is 180 Å². The number of thiophene rings is 1. The molecule has 1 amide bonds. The molecule has 6 nitrogen and oxygen atoms in total. The summed E-state index contributed by atoms with van der Waals surface area (Å²) in [5.41, 5.74) is 1.32. The smallest absolute Gasteiger partial charge is 0.266 e. The third kappa shape index (κ3) is 5.40. The number of rotatable bonds is 5. The molecule has 0 aliphatic heterocycles. The molecule has 0 radical (unpaired) electrons. The number of benzene rings is 2. The average molecular weight is 488 g/mol. The molecule has 9 heteroatoms. The lowest BCUT2D eigenvalue weighted by molar-refractivity contribution is -0.112. The molecule has 0 unspecified atom stereocenters. The molecule has 146 valence electrons. The molecule has 0 aliphatic carbocycles. The molecule has 1 aromatic heterocycles. The largest absolute Gasteiger partial charge is 0.321 e. The predicted molar refractivity (Wildman–Crippen MR) is 117 cm³/mol. The summed E-state index contributed by atoms with van der Waals surface area (Å²) in [7, 11) is -3.81. The predicted octanol–water partition coefficient (Wildman–Crippen LogP) is 4.37. The van der Waals surface area contributed by atoms with Gasteiger partial charge in [-0.3, -0.25) is 4.79 Å². The van der Waals surface area contributed by atoms with E-state index in [0.717, 1.165) is 19.8 Å². The van der Waals surface area contributed by atoms with E-state index in [1.54, 1.807) is 0 Å². The molecule has 0 saturated carbocycles. The van der Waals surface area contributed by atoms with Crippen LogP contribution in [0.4, 0.5) is 5.69 Å². The van der Waals surface area contributed by atoms with Crippen LogP contribution in [0.5, 0.6) is 0 Å². The minimum atomic E-state index is -3.81. The van der Waals surface area contributed by atoms with Crippen molar-refractivity contribution < 1.29 is 13.2 Å². The molecule has 1 heterocycles. The molecule has 0 saturated heterocycles. The Bertz CT molecular complexity index is 1220. The summed E-state index contributed by atoms with van der Waals surface area (Å²) in [5, 5.41) is 17.0. The van der Waals surface area contributed by atoms with E-state index in [1.807, 2.05) is 42.5 Å². The number of amides is 1. The highest BCUT2D eigenvalue weighted by Crippen LogP contribution is 2.30. The Morgan fingerprint density at radius 2 is 1.72 bits per heavy atom. The first-order chi connectivity index (χ1) is 13.8. The highest BCUT2D eigenvalue weighted by atomic mass is 79.9. The highest BCUT2D eigenvalue weighted by Gasteiger charge is 2.12. The van der Waals surface area contributed by atoms with E-state index < -0.39 is 15.9 Å². The van der Waals surface area contributed by atoms with Gasteiger partial charge >= 0.3 is 0 Å². The van der Waals surface area contributed by atoms with Crippen LogP contribution in [0.2, 0.25) is 0 Å². The normalized spacial score (nSPS) is 11.7. The molecule has 3 aromatic rings. The van der Waals surface area contributed by atoms with Crippen molar-refractivity contribution in [1.82, 2.24) is 0 Å². The zero-order valence-corrected chi connectivity index (χ0v) is 18.0. The number of primary sulfonamides is 1. The average Bonchev–Trinajstić information content (AvgIpc) is 3.15. The van der Waals surface area contributed by atoms with E-state index in [4.69, 9.17) is 5.14 Å². The van der Waals surface area contributed by atoms with Gasteiger partial charge in [0.15, 0.2) is 0 Å². The number of anilines is 1. The number of hydrogen-bond donors (Lipinski definition) is 2. The van der Waals surface area contributed by atoms with Crippen LogP contribution in [0.1, 0.15) is 4.88 Å². The van der Waals surface area contributed by atoms with Crippen LogP contribution in [-0.2, 0) is 14.8 Å². The molecule has 3 rings (SSSR count). The second-order valence-electron chi connectivity index (χ2n) is 5.90. The zero-order valence-electron chi connectivity index (χ0n) is 14.8. The van der Waals surface area contributed by atoms with Gasteiger partial charge in [0.2, 0.25) is 10.0 Å². The first-order valence-electron chi connectivity index (χ1n) is 8.18. The topological polar surface area (TPSA) is 113 Å². The minimum absolute atomic E-state index is 0.0643. The summed E-state index contributed by atoms with van der Waals surface area (Å²) in [5.74, 6) is -0.588. The number of hydrogen-bond acceptors (Lipinski definition) is 5. The van der Waals surface area contributed by atoms with Crippen LogP contribution in [-0.4, -0.2) is 14.3 Å². The zero-order chi connectivity index (χ0) is 21.0. The number of nitrogens with two attached hydrogens (primary N) is 1. The van der Waals surface area contributed by atoms with Crippen molar-refractivity contribution in [2.75, 3.05) is 5.32 Å². The Hall–Kier alpha value is -2.77. The standard InChI is InChI=1S/C20H14BrN3O3S2/c21-15-3-1-13(2-4-15)19-10-7-17(28-19)11-14(12-22)20(25)24-16-5-8-18(9-6-16)29(23,26)27/h1-11H,(H,24,25)(H2,23,26,27)/b14-11+. The lowest BCUT2D eigenvalue weighted by Crippen LogP contribution is -2.14. The molecule has 0 atom stereocenters. The van der Waals surface area contributed by atoms with Gasteiger partial charge in [0.1, 0.15) is 11.6 Å². The molecule has 0 bridgehead atoms. The Kier molecular flexibility index (Phi) is 6.30. The maximum atomic E-state index is 12.4. The number of sulfonamides is 1. The van der Waals surface area contributed by atoms with E-state index in [2.05, 4.69) is 21.2 Å². The van der Waals surface area contributed by atoms with Gasteiger partial charge < -0.3 is 5.32 Å². The van der Waals surface area contributed by atoms with Crippen LogP contribution in [0.15, 0.2) is 75.6 Å². The third-order valence-corrected chi connectivity index (χ3v) is 6.39. The molecular formula is C20H14BrN3O3S2. The molecule has 0 spiro atoms. The highest BCUT2D eigenvalue weighted by molar-refractivity contribution is 9.10. The van der Waals surface area contributed by atoms with Gasteiger partial charge in [-0.2, -0.15) is 5.26 Å². The van der Waals surface area contributed by atoms with E-state index in [0.29, 0.717) is 5.69 Å². The fourth-order valence-electron chi connectivity index (χ4n) is 2.42. The van der Waals surface area contributed by atoms with Gasteiger partial charge in [0.25, 0.3) is 5.91 Å². The first kappa shape index (κ1) is 21.0. The quantitative estimate of drug-likeness (QED) is 0.410. The Morgan fingerprint density at radius 3 is 2.31 bits per heavy atom. The van der Waals surface area contributed by atoms with Crippen molar-refractivity contribution in [3.63, 3.8) is 0 Å². The summed E-state index contributed by atoms with van der Waals surface area (Å²) >= 11 is 4.86. The molecule has 29 heavy (non-hydrogen) atoms. The van der Waals surface area contributed by atoms with Crippen LogP contribution in [0.3, 0.4) is 0 Å². The van der Waals surface area contributed by atoms with Crippen molar-refractivity contribution in [3.05, 3.63) is 75.6 Å². The molecule has 2 aromatic carbocycles. The number of nitrogens with zero attached hydrogens (tertiary/aromatic N) is 1. The summed E-state index contributed by atoms with van der Waals surface area (Å²) in [6.45, 7) is 0. The van der Waals surface area contributed by atoms with Crippen molar-refractivity contribution in [3.8, 4) is 16.5 Å². The second-order valence-corrected chi connectivity index (χ2v) is 9.49. The van der Waals surface area contributed by atoms with E-state index in [1.165, 1.54) is 41.7 Å². The SMILES string of the molecule is N#C/C(=C\c1ccc(-c2ccc(Br)cc2)s1)C(=O)Nc1ccc(S(N)(=O)=O)cc1. The maximum Gasteiger partial charge on any atom is 0.266 e. The van der Waals surface area contributed by atoms with Crippen LogP contribution >= 0.6 is 27.3 Å². The first-order valence-corrected chi connectivity index (χ1v) is 11.3. The van der Waals surface area contributed by atoms with Gasteiger partial charge in [-0.25, -0.2) is 13.6 Å². The van der Waals surface area contributed by atoms with Gasteiger partial charge in [-0.05, 0) is 60.2 Å². The number of nitriles is 1. The van der Waals surface area contributed by atoms with Gasteiger partial charge in [-0.1, -0.05) is 28.1 Å². The fourth-order valence-corrected chi connectivity index (χ4v) is 4.15. The molecule has 0 fully saturated rings. The number of carbonyl (C=O) groups is 1. The van der Waals surface area contributed by atoms with Crippen molar-refractivity contribution in [2.45, 2.75) is 4.90 Å². The summed E-state index contributed by atoms with van der Waals surface area (Å²) in [6, 6.07) is 18.9. The minimum Gasteiger partial charge on any atom is -0.321 e. The van der Waals surface area contributed by atoms with Crippen LogP contribution in [0, 0.1) is 11.3 Å².